The van der Waals surface area contributed by atoms with E-state index < -0.39 is 0 Å². The summed E-state index contributed by atoms with van der Waals surface area (Å²) in [4.78, 5) is 3.43. The molecule has 0 aliphatic carbocycles. The minimum atomic E-state index is 1.23. The first-order valence-corrected chi connectivity index (χ1v) is 6.89. The number of fused-ring (bicyclic) bond motifs is 3. The van der Waals surface area contributed by atoms with Gasteiger partial charge in [0.25, 0.3) is 0 Å². The number of H-pyrrole nitrogens is 1. The number of nitrogens with one attached hydrogen (secondary N) is 1. The number of aromatic amines is 1. The maximum absolute atomic E-state index is 3.43. The molecular weight excluding hydrogens is 242 g/mol. The Kier molecular flexibility index (Phi) is 1.75. The first-order chi connectivity index (χ1) is 9.93. The number of benzene rings is 4. The Morgan fingerprint density at radius 3 is 2.00 bits per heavy atom. The number of aromatic nitrogens is 1. The van der Waals surface area contributed by atoms with Gasteiger partial charge in [-0.1, -0.05) is 42.5 Å². The Bertz CT molecular complexity index is 1000. The third-order valence-corrected chi connectivity index (χ3v) is 4.30. The van der Waals surface area contributed by atoms with Crippen LogP contribution in [0.25, 0.3) is 43.2 Å². The van der Waals surface area contributed by atoms with Crippen LogP contribution in [0.15, 0.2) is 66.9 Å². The first kappa shape index (κ1) is 10.2. The van der Waals surface area contributed by atoms with E-state index in [1.54, 1.807) is 0 Å². The monoisotopic (exact) mass is 254 g/mol. The van der Waals surface area contributed by atoms with Crippen LogP contribution in [0.5, 0.6) is 0 Å². The molecule has 0 amide bonds. The van der Waals surface area contributed by atoms with Crippen LogP contribution >= 0.6 is 0 Å². The van der Waals surface area contributed by atoms with Gasteiger partial charge in [0.1, 0.15) is 0 Å². The Morgan fingerprint density at radius 1 is 0.550 bits per heavy atom. The fourth-order valence-electron chi connectivity index (χ4n) is 3.47. The topological polar surface area (TPSA) is 14.1 Å². The number of hydrogen-bond acceptors (Lipinski definition) is 0. The van der Waals surface area contributed by atoms with E-state index in [0.717, 1.165) is 0 Å². The average Bonchev–Trinajstić information content (AvgIpc) is 2.53. The Morgan fingerprint density at radius 2 is 1.20 bits per heavy atom. The van der Waals surface area contributed by atoms with Crippen LogP contribution in [-0.2, 0) is 0 Å². The molecule has 5 aromatic rings. The molecule has 0 fully saturated rings. The van der Waals surface area contributed by atoms with Crippen LogP contribution in [0.3, 0.4) is 0 Å². The Hall–Kier alpha value is -2.67. The lowest BCUT2D eigenvalue weighted by Gasteiger charge is -2.11. The molecule has 0 aliphatic heterocycles. The van der Waals surface area contributed by atoms with Crippen molar-refractivity contribution in [2.75, 3.05) is 0 Å². The lowest BCUT2D eigenvalue weighted by molar-refractivity contribution is -0.343. The summed E-state index contributed by atoms with van der Waals surface area (Å²) in [6.07, 6.45) is 2.01. The zero-order chi connectivity index (χ0) is 13.1. The SMILES string of the molecule is c1c[nH+]c2c(c1)c1cccc3ccc4cccc2c4c31. The second-order valence-electron chi connectivity index (χ2n) is 5.33. The van der Waals surface area contributed by atoms with Crippen LogP contribution in [0.4, 0.5) is 0 Å². The van der Waals surface area contributed by atoms with Crippen molar-refractivity contribution in [2.24, 2.45) is 0 Å². The fraction of sp³-hybridized carbons (Fsp3) is 0. The molecule has 0 spiro atoms. The molecule has 1 aromatic heterocycles. The van der Waals surface area contributed by atoms with Crippen molar-refractivity contribution in [1.82, 2.24) is 0 Å². The molecule has 1 N–H and O–H groups in total. The third kappa shape index (κ3) is 1.11. The van der Waals surface area contributed by atoms with E-state index in [-0.39, 0.29) is 0 Å². The number of rotatable bonds is 0. The Balaban J connectivity index is 2.33. The van der Waals surface area contributed by atoms with Crippen molar-refractivity contribution in [3.63, 3.8) is 0 Å². The smallest absolute Gasteiger partial charge is 0.211 e. The number of hydrogen-bond donors (Lipinski definition) is 0. The van der Waals surface area contributed by atoms with Gasteiger partial charge in [-0.15, -0.1) is 0 Å². The summed E-state index contributed by atoms with van der Waals surface area (Å²) >= 11 is 0. The van der Waals surface area contributed by atoms with E-state index in [0.29, 0.717) is 0 Å². The Labute approximate surface area is 115 Å². The summed E-state index contributed by atoms with van der Waals surface area (Å²) in [5, 5.41) is 9.32. The van der Waals surface area contributed by atoms with Crippen LogP contribution in [0, 0.1) is 0 Å². The van der Waals surface area contributed by atoms with Gasteiger partial charge in [-0.2, -0.15) is 0 Å². The molecule has 92 valence electrons. The summed E-state index contributed by atoms with van der Waals surface area (Å²) in [6, 6.07) is 21.9. The molecule has 0 aliphatic rings. The molecule has 4 aromatic carbocycles. The quantitative estimate of drug-likeness (QED) is 0.284. The van der Waals surface area contributed by atoms with Gasteiger partial charge in [0.05, 0.1) is 10.8 Å². The normalized spacial score (nSPS) is 12.0. The van der Waals surface area contributed by atoms with Crippen LogP contribution in [-0.4, -0.2) is 0 Å². The van der Waals surface area contributed by atoms with Crippen molar-refractivity contribution in [3.05, 3.63) is 66.9 Å². The fourth-order valence-corrected chi connectivity index (χ4v) is 3.47. The highest BCUT2D eigenvalue weighted by Gasteiger charge is 2.15. The highest BCUT2D eigenvalue weighted by Crippen LogP contribution is 2.38. The molecule has 5 rings (SSSR count). The van der Waals surface area contributed by atoms with Gasteiger partial charge < -0.3 is 0 Å². The van der Waals surface area contributed by atoms with E-state index in [1.165, 1.54) is 43.2 Å². The number of pyridine rings is 1. The maximum atomic E-state index is 3.43. The zero-order valence-electron chi connectivity index (χ0n) is 10.9. The maximum Gasteiger partial charge on any atom is 0.219 e. The molecule has 1 nitrogen and oxygen atoms in total. The minimum Gasteiger partial charge on any atom is -0.211 e. The average molecular weight is 254 g/mol. The van der Waals surface area contributed by atoms with Gasteiger partial charge in [0.15, 0.2) is 6.20 Å². The predicted molar refractivity (Wildman–Crippen MR) is 84.2 cm³/mol. The lowest BCUT2D eigenvalue weighted by Crippen LogP contribution is -2.02. The molecule has 0 saturated heterocycles. The van der Waals surface area contributed by atoms with Crippen molar-refractivity contribution < 1.29 is 4.98 Å². The van der Waals surface area contributed by atoms with E-state index >= 15 is 0 Å². The summed E-state index contributed by atoms with van der Waals surface area (Å²) in [6.45, 7) is 0. The molecule has 1 heteroatoms. The predicted octanol–water partition coefficient (Wildman–Crippen LogP) is 4.55. The van der Waals surface area contributed by atoms with Crippen molar-refractivity contribution >= 4 is 43.2 Å². The van der Waals surface area contributed by atoms with Gasteiger partial charge in [0.2, 0.25) is 5.52 Å². The van der Waals surface area contributed by atoms with E-state index in [4.69, 9.17) is 0 Å². The molecule has 0 bridgehead atoms. The largest absolute Gasteiger partial charge is 0.219 e. The van der Waals surface area contributed by atoms with Gasteiger partial charge in [-0.05, 0) is 33.7 Å². The molecule has 1 heterocycles. The molecule has 0 atom stereocenters. The van der Waals surface area contributed by atoms with E-state index in [2.05, 4.69) is 65.6 Å². The van der Waals surface area contributed by atoms with E-state index in [1.807, 2.05) is 6.20 Å². The lowest BCUT2D eigenvalue weighted by atomic mass is 9.91. The first-order valence-electron chi connectivity index (χ1n) is 6.89. The van der Waals surface area contributed by atoms with Crippen LogP contribution in [0.1, 0.15) is 0 Å². The molecule has 0 saturated carbocycles. The van der Waals surface area contributed by atoms with E-state index in [9.17, 15) is 0 Å². The highest BCUT2D eigenvalue weighted by molar-refractivity contribution is 6.32. The summed E-state index contributed by atoms with van der Waals surface area (Å²) < 4.78 is 0. The standard InChI is InChI=1S/C19H11N/c1-4-12-9-10-13-5-2-7-16-18(13)17(12)14(6-1)15-8-3-11-20-19(15)16/h1-11H/p+1. The second-order valence-corrected chi connectivity index (χ2v) is 5.33. The van der Waals surface area contributed by atoms with Gasteiger partial charge in [-0.25, -0.2) is 4.98 Å². The molecule has 0 radical (unpaired) electrons. The third-order valence-electron chi connectivity index (χ3n) is 4.30. The van der Waals surface area contributed by atoms with Gasteiger partial charge in [-0.3, -0.25) is 0 Å². The second kappa shape index (κ2) is 3.45. The summed E-state index contributed by atoms with van der Waals surface area (Å²) in [7, 11) is 0. The van der Waals surface area contributed by atoms with Crippen molar-refractivity contribution in [3.8, 4) is 0 Å². The zero-order valence-corrected chi connectivity index (χ0v) is 10.9. The molecular formula is C19H12N+. The summed E-state index contributed by atoms with van der Waals surface area (Å²) in [5.74, 6) is 0. The molecule has 0 unspecified atom stereocenters. The minimum absolute atomic E-state index is 1.23. The van der Waals surface area contributed by atoms with Crippen LogP contribution < -0.4 is 4.98 Å². The van der Waals surface area contributed by atoms with Crippen molar-refractivity contribution in [1.29, 1.82) is 0 Å². The van der Waals surface area contributed by atoms with Crippen LogP contribution in [0.2, 0.25) is 0 Å². The van der Waals surface area contributed by atoms with Crippen molar-refractivity contribution in [2.45, 2.75) is 0 Å². The summed E-state index contributed by atoms with van der Waals surface area (Å²) in [5.41, 5.74) is 1.23. The van der Waals surface area contributed by atoms with Gasteiger partial charge >= 0.3 is 0 Å². The molecule has 20 heavy (non-hydrogen) atoms. The van der Waals surface area contributed by atoms with Gasteiger partial charge in [0, 0.05) is 11.5 Å². The highest BCUT2D eigenvalue weighted by atomic mass is 14.6.